The van der Waals surface area contributed by atoms with Crippen molar-refractivity contribution in [3.63, 3.8) is 0 Å². The number of ether oxygens (including phenoxy) is 1. The molecule has 7 rings (SSSR count). The number of rotatable bonds is 15. The lowest BCUT2D eigenvalue weighted by Crippen LogP contribution is -2.40. The van der Waals surface area contributed by atoms with Crippen molar-refractivity contribution in [1.29, 1.82) is 0 Å². The molecule has 1 fully saturated rings. The van der Waals surface area contributed by atoms with E-state index in [-0.39, 0.29) is 47.3 Å². The van der Waals surface area contributed by atoms with Gasteiger partial charge in [-0.1, -0.05) is 72.8 Å². The van der Waals surface area contributed by atoms with Crippen LogP contribution in [0.1, 0.15) is 59.3 Å². The maximum atomic E-state index is 13.5. The van der Waals surface area contributed by atoms with Crippen LogP contribution in [0.4, 0.5) is 21.9 Å². The van der Waals surface area contributed by atoms with Gasteiger partial charge in [-0.05, 0) is 97.8 Å². The Morgan fingerprint density at radius 3 is 2.44 bits per heavy atom. The Balaban J connectivity index is 0.861. The number of aromatic nitrogens is 1. The number of carbonyl (C=O) groups is 3. The van der Waals surface area contributed by atoms with Gasteiger partial charge in [-0.3, -0.25) is 19.7 Å². The molecular weight excluding hydrogens is 797 g/mol. The van der Waals surface area contributed by atoms with Gasteiger partial charge in [-0.15, -0.1) is 0 Å². The number of anilines is 3. The molecule has 6 aromatic rings. The lowest BCUT2D eigenvalue weighted by Gasteiger charge is -2.32. The summed E-state index contributed by atoms with van der Waals surface area (Å²) in [5.41, 5.74) is 6.70. The van der Waals surface area contributed by atoms with Gasteiger partial charge in [0.15, 0.2) is 0 Å². The molecule has 1 saturated heterocycles. The zero-order valence-corrected chi connectivity index (χ0v) is 35.8. The molecule has 3 amide bonds. The average molecular weight is 851 g/mol. The van der Waals surface area contributed by atoms with Crippen LogP contribution in [0.25, 0.3) is 22.0 Å². The van der Waals surface area contributed by atoms with Gasteiger partial charge in [0, 0.05) is 79.6 Å². The van der Waals surface area contributed by atoms with E-state index in [0.717, 1.165) is 22.3 Å². The maximum absolute atomic E-state index is 13.5. The minimum atomic E-state index is -0.886. The number of amides is 3. The van der Waals surface area contributed by atoms with E-state index in [1.165, 1.54) is 12.1 Å². The second-order valence-corrected chi connectivity index (χ2v) is 16.2. The highest BCUT2D eigenvalue weighted by atomic mass is 16.6. The number of hydrogen-bond acceptors (Lipinski definition) is 9. The van der Waals surface area contributed by atoms with Crippen LogP contribution >= 0.6 is 0 Å². The molecule has 6 N–H and O–H groups in total. The molecule has 0 bridgehead atoms. The monoisotopic (exact) mass is 850 g/mol. The summed E-state index contributed by atoms with van der Waals surface area (Å²) in [6, 6.07) is 36.5. The molecule has 0 saturated carbocycles. The predicted octanol–water partition coefficient (Wildman–Crippen LogP) is 7.78. The Hall–Kier alpha value is -6.80. The highest BCUT2D eigenvalue weighted by Crippen LogP contribution is 2.30. The van der Waals surface area contributed by atoms with E-state index in [4.69, 9.17) is 4.74 Å². The van der Waals surface area contributed by atoms with Crippen LogP contribution in [0, 0.1) is 6.92 Å². The quantitative estimate of drug-likeness (QED) is 0.0603. The van der Waals surface area contributed by atoms with E-state index in [1.54, 1.807) is 36.2 Å². The van der Waals surface area contributed by atoms with Crippen LogP contribution in [-0.2, 0) is 16.0 Å². The number of phenols is 1. The summed E-state index contributed by atoms with van der Waals surface area (Å²) in [6.45, 7) is 6.13. The van der Waals surface area contributed by atoms with Crippen LogP contribution in [0.2, 0.25) is 0 Å². The van der Waals surface area contributed by atoms with E-state index in [0.29, 0.717) is 78.9 Å². The summed E-state index contributed by atoms with van der Waals surface area (Å²) < 4.78 is 5.79. The first kappa shape index (κ1) is 44.3. The third kappa shape index (κ3) is 11.4. The molecule has 1 aliphatic heterocycles. The molecule has 1 aromatic heterocycles. The number of carbonyl (C=O) groups excluding carboxylic acids is 3. The number of aliphatic hydroxyl groups excluding tert-OH is 1. The highest BCUT2D eigenvalue weighted by Gasteiger charge is 2.24. The maximum Gasteiger partial charge on any atom is 0.411 e. The molecular formula is C50H54N6O7. The summed E-state index contributed by atoms with van der Waals surface area (Å²) >= 11 is 0. The number of aromatic amines is 1. The SMILES string of the molecule is Cc1ccc(C(=O)Nc2cccc(CC(C)NC[C@@H](O)c3ccc(O)c4[nH]c(=O)ccc34)c2)cc1N(C)C(=O)CCN1CCC(OC(=O)Nc2ccccc2-c2ccccc2)CC1. The molecule has 13 nitrogen and oxygen atoms in total. The molecule has 5 aromatic carbocycles. The van der Waals surface area contributed by atoms with E-state index in [2.05, 4.69) is 25.8 Å². The lowest BCUT2D eigenvalue weighted by atomic mass is 10.0. The van der Waals surface area contributed by atoms with E-state index in [9.17, 15) is 29.4 Å². The number of piperidine rings is 1. The molecule has 1 aliphatic rings. The summed E-state index contributed by atoms with van der Waals surface area (Å²) in [5.74, 6) is -0.433. The molecule has 0 spiro atoms. The number of aromatic hydroxyl groups is 1. The van der Waals surface area contributed by atoms with Crippen molar-refractivity contribution in [2.75, 3.05) is 48.8 Å². The number of aliphatic hydroxyl groups is 1. The molecule has 326 valence electrons. The number of para-hydroxylation sites is 1. The summed E-state index contributed by atoms with van der Waals surface area (Å²) in [5, 5.41) is 31.0. The number of hydrogen-bond donors (Lipinski definition) is 6. The van der Waals surface area contributed by atoms with Crippen molar-refractivity contribution in [3.05, 3.63) is 154 Å². The fourth-order valence-corrected chi connectivity index (χ4v) is 8.05. The van der Waals surface area contributed by atoms with Crippen molar-refractivity contribution in [2.24, 2.45) is 0 Å². The van der Waals surface area contributed by atoms with Crippen LogP contribution in [0.15, 0.2) is 126 Å². The topological polar surface area (TPSA) is 176 Å². The van der Waals surface area contributed by atoms with Gasteiger partial charge in [0.1, 0.15) is 11.9 Å². The number of fused-ring (bicyclic) bond motifs is 1. The molecule has 2 heterocycles. The number of nitrogens with zero attached hydrogens (tertiary/aromatic N) is 2. The standard InChI is InChI=1S/C50H54N6O7/c1-32-16-17-36(49(61)52-37-13-9-10-34(29-37)28-33(2)51-31-45(58)40-18-20-44(57)48-41(40)19-21-46(59)54-48)30-43(32)55(3)47(60)24-27-56-25-22-38(23-26-56)63-50(62)53-42-15-8-7-14-39(42)35-11-5-4-6-12-35/h4-21,29-30,33,38,45,51,57-58H,22-28,31H2,1-3H3,(H,52,61)(H,53,62)(H,54,59)/t33?,45-/m1/s1. The van der Waals surface area contributed by atoms with Crippen molar-refractivity contribution in [1.82, 2.24) is 15.2 Å². The van der Waals surface area contributed by atoms with Crippen LogP contribution in [0.3, 0.4) is 0 Å². The van der Waals surface area contributed by atoms with Crippen LogP contribution < -0.4 is 26.4 Å². The van der Waals surface area contributed by atoms with Crippen molar-refractivity contribution < 1.29 is 29.3 Å². The number of aryl methyl sites for hydroxylation is 1. The smallest absolute Gasteiger partial charge is 0.411 e. The lowest BCUT2D eigenvalue weighted by molar-refractivity contribution is -0.118. The Bertz CT molecular complexity index is 2620. The molecule has 0 radical (unpaired) electrons. The average Bonchev–Trinajstić information content (AvgIpc) is 3.28. The van der Waals surface area contributed by atoms with Crippen LogP contribution in [0.5, 0.6) is 5.75 Å². The molecule has 63 heavy (non-hydrogen) atoms. The zero-order valence-electron chi connectivity index (χ0n) is 35.8. The van der Waals surface area contributed by atoms with Gasteiger partial charge in [-0.25, -0.2) is 4.79 Å². The van der Waals surface area contributed by atoms with Gasteiger partial charge in [-0.2, -0.15) is 0 Å². The minimum Gasteiger partial charge on any atom is -0.506 e. The first-order chi connectivity index (χ1) is 30.4. The molecule has 1 unspecified atom stereocenters. The van der Waals surface area contributed by atoms with Crippen molar-refractivity contribution in [3.8, 4) is 16.9 Å². The number of benzene rings is 5. The van der Waals surface area contributed by atoms with Gasteiger partial charge in [0.2, 0.25) is 11.5 Å². The normalized spacial score (nSPS) is 14.2. The van der Waals surface area contributed by atoms with E-state index in [1.807, 2.05) is 98.8 Å². The Labute approximate surface area is 366 Å². The van der Waals surface area contributed by atoms with Gasteiger partial charge < -0.3 is 40.4 Å². The van der Waals surface area contributed by atoms with Gasteiger partial charge in [0.05, 0.1) is 17.3 Å². The van der Waals surface area contributed by atoms with Gasteiger partial charge in [0.25, 0.3) is 5.91 Å². The van der Waals surface area contributed by atoms with Gasteiger partial charge >= 0.3 is 6.09 Å². The number of H-pyrrole nitrogens is 1. The Kier molecular flexibility index (Phi) is 14.3. The van der Waals surface area contributed by atoms with E-state index >= 15 is 0 Å². The predicted molar refractivity (Wildman–Crippen MR) is 247 cm³/mol. The molecule has 13 heteroatoms. The fraction of sp³-hybridized carbons (Fsp3) is 0.280. The molecule has 0 aliphatic carbocycles. The second kappa shape index (κ2) is 20.4. The van der Waals surface area contributed by atoms with Crippen LogP contribution in [-0.4, -0.2) is 83.4 Å². The Morgan fingerprint density at radius 1 is 0.889 bits per heavy atom. The summed E-state index contributed by atoms with van der Waals surface area (Å²) in [7, 11) is 1.73. The first-order valence-electron chi connectivity index (χ1n) is 21.3. The third-order valence-corrected chi connectivity index (χ3v) is 11.6. The van der Waals surface area contributed by atoms with E-state index < -0.39 is 12.2 Å². The zero-order chi connectivity index (χ0) is 44.5. The number of pyridine rings is 1. The number of nitrogens with one attached hydrogen (secondary N) is 4. The molecule has 2 atom stereocenters. The first-order valence-corrected chi connectivity index (χ1v) is 21.3. The summed E-state index contributed by atoms with van der Waals surface area (Å²) in [4.78, 5) is 58.1. The minimum absolute atomic E-state index is 0.0320. The van der Waals surface area contributed by atoms with Crippen molar-refractivity contribution >= 4 is 45.9 Å². The largest absolute Gasteiger partial charge is 0.506 e. The number of phenolic OH excluding ortho intramolecular Hbond substituents is 1. The fourth-order valence-electron chi connectivity index (χ4n) is 8.05. The number of likely N-dealkylation sites (tertiary alicyclic amines) is 1. The van der Waals surface area contributed by atoms with Crippen molar-refractivity contribution in [2.45, 2.75) is 57.8 Å². The Morgan fingerprint density at radius 2 is 1.65 bits per heavy atom. The summed E-state index contributed by atoms with van der Waals surface area (Å²) in [6.07, 6.45) is 0.668. The highest BCUT2D eigenvalue weighted by molar-refractivity contribution is 6.06. The second-order valence-electron chi connectivity index (χ2n) is 16.2. The third-order valence-electron chi connectivity index (χ3n) is 11.6.